The molecule has 0 bridgehead atoms. The maximum absolute atomic E-state index is 12.5. The van der Waals surface area contributed by atoms with E-state index in [1.165, 1.54) is 0 Å². The first-order chi connectivity index (χ1) is 11.7. The second-order valence-corrected chi connectivity index (χ2v) is 5.67. The van der Waals surface area contributed by atoms with Crippen LogP contribution < -0.4 is 14.8 Å². The van der Waals surface area contributed by atoms with Crippen molar-refractivity contribution in [2.45, 2.75) is 0 Å². The quantitative estimate of drug-likeness (QED) is 0.832. The highest BCUT2D eigenvalue weighted by Gasteiger charge is 2.16. The first-order valence-corrected chi connectivity index (χ1v) is 8.04. The van der Waals surface area contributed by atoms with Crippen LogP contribution in [-0.2, 0) is 4.74 Å². The van der Waals surface area contributed by atoms with Gasteiger partial charge in [0.1, 0.15) is 0 Å². The molecule has 1 aliphatic heterocycles. The molecule has 0 atom stereocenters. The lowest BCUT2D eigenvalue weighted by Crippen LogP contribution is -2.41. The number of nitrogens with one attached hydrogen (secondary N) is 2. The predicted molar refractivity (Wildman–Crippen MR) is 91.0 cm³/mol. The van der Waals surface area contributed by atoms with Gasteiger partial charge in [0.15, 0.2) is 11.5 Å². The Balaban J connectivity index is 1.68. The molecule has 1 fully saturated rings. The largest absolute Gasteiger partial charge is 0.493 e. The number of methoxy groups -OCH3 is 2. The summed E-state index contributed by atoms with van der Waals surface area (Å²) in [5.74, 6) is 1.14. The molecule has 1 amide bonds. The van der Waals surface area contributed by atoms with Gasteiger partial charge in [-0.25, -0.2) is 0 Å². The fourth-order valence-corrected chi connectivity index (χ4v) is 2.88. The van der Waals surface area contributed by atoms with Gasteiger partial charge < -0.3 is 24.5 Å². The molecule has 7 nitrogen and oxygen atoms in total. The highest BCUT2D eigenvalue weighted by Crippen LogP contribution is 2.33. The van der Waals surface area contributed by atoms with Crippen molar-refractivity contribution in [2.75, 3.05) is 53.6 Å². The van der Waals surface area contributed by atoms with Gasteiger partial charge in [-0.2, -0.15) is 0 Å². The van der Waals surface area contributed by atoms with Gasteiger partial charge in [0.2, 0.25) is 0 Å². The Morgan fingerprint density at radius 3 is 2.67 bits per heavy atom. The number of ether oxygens (including phenoxy) is 3. The Morgan fingerprint density at radius 2 is 1.96 bits per heavy atom. The first kappa shape index (κ1) is 16.6. The molecule has 2 heterocycles. The van der Waals surface area contributed by atoms with Crippen molar-refractivity contribution in [3.63, 3.8) is 0 Å². The van der Waals surface area contributed by atoms with E-state index in [4.69, 9.17) is 14.2 Å². The maximum atomic E-state index is 12.5. The number of aromatic nitrogens is 1. The lowest BCUT2D eigenvalue weighted by Gasteiger charge is -2.26. The van der Waals surface area contributed by atoms with Crippen LogP contribution in [0.2, 0.25) is 0 Å². The molecule has 1 aromatic heterocycles. The molecule has 0 radical (unpaired) electrons. The summed E-state index contributed by atoms with van der Waals surface area (Å²) in [6, 6.07) is 3.65. The van der Waals surface area contributed by atoms with Gasteiger partial charge in [-0.1, -0.05) is 0 Å². The first-order valence-electron chi connectivity index (χ1n) is 8.04. The van der Waals surface area contributed by atoms with Gasteiger partial charge in [-0.05, 0) is 6.07 Å². The minimum Gasteiger partial charge on any atom is -0.493 e. The molecular weight excluding hydrogens is 310 g/mol. The topological polar surface area (TPSA) is 75.8 Å². The van der Waals surface area contributed by atoms with Crippen molar-refractivity contribution in [3.8, 4) is 11.5 Å². The van der Waals surface area contributed by atoms with Crippen LogP contribution in [0.4, 0.5) is 0 Å². The predicted octanol–water partition coefficient (Wildman–Crippen LogP) is 1.25. The number of hydrogen-bond donors (Lipinski definition) is 2. The standard InChI is InChI=1S/C17H23N3O4/c1-22-15-9-12-13(11-19-14(12)10-16(15)23-2)17(21)18-3-4-20-5-7-24-8-6-20/h9-11,19H,3-8H2,1-2H3,(H,18,21). The summed E-state index contributed by atoms with van der Waals surface area (Å²) in [7, 11) is 3.17. The third kappa shape index (κ3) is 3.47. The van der Waals surface area contributed by atoms with E-state index in [2.05, 4.69) is 15.2 Å². The number of H-pyrrole nitrogens is 1. The zero-order valence-corrected chi connectivity index (χ0v) is 14.1. The minimum atomic E-state index is -0.0956. The molecule has 1 saturated heterocycles. The summed E-state index contributed by atoms with van der Waals surface area (Å²) in [4.78, 5) is 17.9. The molecular formula is C17H23N3O4. The average molecular weight is 333 g/mol. The molecule has 2 N–H and O–H groups in total. The van der Waals surface area contributed by atoms with E-state index in [0.717, 1.165) is 43.8 Å². The van der Waals surface area contributed by atoms with Gasteiger partial charge in [-0.15, -0.1) is 0 Å². The Kier molecular flexibility index (Phi) is 5.22. The summed E-state index contributed by atoms with van der Waals surface area (Å²) in [6.07, 6.45) is 1.72. The summed E-state index contributed by atoms with van der Waals surface area (Å²) in [5.41, 5.74) is 1.44. The van der Waals surface area contributed by atoms with Crippen LogP contribution in [0.5, 0.6) is 11.5 Å². The molecule has 3 rings (SSSR count). The van der Waals surface area contributed by atoms with Crippen molar-refractivity contribution in [1.82, 2.24) is 15.2 Å². The van der Waals surface area contributed by atoms with Gasteiger partial charge in [0.25, 0.3) is 5.91 Å². The van der Waals surface area contributed by atoms with Crippen LogP contribution in [0.1, 0.15) is 10.4 Å². The van der Waals surface area contributed by atoms with E-state index in [0.29, 0.717) is 23.6 Å². The van der Waals surface area contributed by atoms with Crippen LogP contribution in [-0.4, -0.2) is 69.4 Å². The molecule has 0 spiro atoms. The van der Waals surface area contributed by atoms with Gasteiger partial charge in [0, 0.05) is 43.8 Å². The SMILES string of the molecule is COc1cc2[nH]cc(C(=O)NCCN3CCOCC3)c2cc1OC. The fourth-order valence-electron chi connectivity index (χ4n) is 2.88. The summed E-state index contributed by atoms with van der Waals surface area (Å²) in [6.45, 7) is 4.79. The number of fused-ring (bicyclic) bond motifs is 1. The van der Waals surface area contributed by atoms with E-state index >= 15 is 0 Å². The fraction of sp³-hybridized carbons (Fsp3) is 0.471. The Hall–Kier alpha value is -2.25. The van der Waals surface area contributed by atoms with Gasteiger partial charge >= 0.3 is 0 Å². The van der Waals surface area contributed by atoms with Crippen molar-refractivity contribution >= 4 is 16.8 Å². The zero-order chi connectivity index (χ0) is 16.9. The van der Waals surface area contributed by atoms with E-state index < -0.39 is 0 Å². The Labute approximate surface area is 140 Å². The Bertz CT molecular complexity index is 707. The molecule has 0 aliphatic carbocycles. The normalized spacial score (nSPS) is 15.4. The number of amides is 1. The van der Waals surface area contributed by atoms with Gasteiger partial charge in [0.05, 0.1) is 38.5 Å². The van der Waals surface area contributed by atoms with E-state index in [9.17, 15) is 4.79 Å². The molecule has 2 aromatic rings. The third-order valence-corrected chi connectivity index (χ3v) is 4.25. The van der Waals surface area contributed by atoms with E-state index in [-0.39, 0.29) is 5.91 Å². The molecule has 130 valence electrons. The minimum absolute atomic E-state index is 0.0956. The summed E-state index contributed by atoms with van der Waals surface area (Å²) in [5, 5.41) is 3.79. The highest BCUT2D eigenvalue weighted by molar-refractivity contribution is 6.07. The summed E-state index contributed by atoms with van der Waals surface area (Å²) >= 11 is 0. The number of rotatable bonds is 6. The van der Waals surface area contributed by atoms with Crippen molar-refractivity contribution in [1.29, 1.82) is 0 Å². The monoisotopic (exact) mass is 333 g/mol. The van der Waals surface area contributed by atoms with Crippen molar-refractivity contribution < 1.29 is 19.0 Å². The Morgan fingerprint density at radius 1 is 1.25 bits per heavy atom. The third-order valence-electron chi connectivity index (χ3n) is 4.25. The smallest absolute Gasteiger partial charge is 0.253 e. The van der Waals surface area contributed by atoms with Crippen molar-refractivity contribution in [3.05, 3.63) is 23.9 Å². The average Bonchev–Trinajstić information content (AvgIpc) is 3.04. The number of benzene rings is 1. The second kappa shape index (κ2) is 7.55. The lowest BCUT2D eigenvalue weighted by atomic mass is 10.1. The number of morpholine rings is 1. The van der Waals surface area contributed by atoms with Crippen LogP contribution in [0.3, 0.4) is 0 Å². The molecule has 1 aromatic carbocycles. The number of aromatic amines is 1. The number of nitrogens with zero attached hydrogens (tertiary/aromatic N) is 1. The number of hydrogen-bond acceptors (Lipinski definition) is 5. The molecule has 7 heteroatoms. The van der Waals surface area contributed by atoms with Crippen molar-refractivity contribution in [2.24, 2.45) is 0 Å². The molecule has 24 heavy (non-hydrogen) atoms. The molecule has 1 aliphatic rings. The van der Waals surface area contributed by atoms with Crippen LogP contribution in [0, 0.1) is 0 Å². The maximum Gasteiger partial charge on any atom is 0.253 e. The number of carbonyl (C=O) groups is 1. The molecule has 0 saturated carbocycles. The summed E-state index contributed by atoms with van der Waals surface area (Å²) < 4.78 is 15.9. The van der Waals surface area contributed by atoms with E-state index in [1.54, 1.807) is 20.4 Å². The second-order valence-electron chi connectivity index (χ2n) is 5.67. The van der Waals surface area contributed by atoms with Gasteiger partial charge in [-0.3, -0.25) is 9.69 Å². The van der Waals surface area contributed by atoms with E-state index in [1.807, 2.05) is 12.1 Å². The van der Waals surface area contributed by atoms with Crippen LogP contribution >= 0.6 is 0 Å². The number of carbonyl (C=O) groups excluding carboxylic acids is 1. The van der Waals surface area contributed by atoms with Crippen LogP contribution in [0.25, 0.3) is 10.9 Å². The molecule has 0 unspecified atom stereocenters. The lowest BCUT2D eigenvalue weighted by molar-refractivity contribution is 0.0383. The zero-order valence-electron chi connectivity index (χ0n) is 14.1. The highest BCUT2D eigenvalue weighted by atomic mass is 16.5. The van der Waals surface area contributed by atoms with Crippen LogP contribution in [0.15, 0.2) is 18.3 Å².